The molecule has 1 heterocycles. The SMILES string of the molecule is NCCCCC(NC(=O)O)C(=O)Nc1ccncc1. The molecular formula is C12H18N4O3. The van der Waals surface area contributed by atoms with Crippen LogP contribution in [-0.4, -0.2) is 34.7 Å². The number of hydrogen-bond donors (Lipinski definition) is 4. The maximum atomic E-state index is 12.0. The molecule has 0 aliphatic carbocycles. The number of carbonyl (C=O) groups is 2. The van der Waals surface area contributed by atoms with E-state index in [9.17, 15) is 9.59 Å². The highest BCUT2D eigenvalue weighted by molar-refractivity contribution is 5.96. The summed E-state index contributed by atoms with van der Waals surface area (Å²) in [4.78, 5) is 26.5. The molecule has 19 heavy (non-hydrogen) atoms. The van der Waals surface area contributed by atoms with Gasteiger partial charge in [0, 0.05) is 18.1 Å². The van der Waals surface area contributed by atoms with E-state index in [-0.39, 0.29) is 5.91 Å². The summed E-state index contributed by atoms with van der Waals surface area (Å²) in [5.41, 5.74) is 5.95. The Morgan fingerprint density at radius 1 is 1.32 bits per heavy atom. The van der Waals surface area contributed by atoms with Crippen LogP contribution < -0.4 is 16.4 Å². The van der Waals surface area contributed by atoms with Crippen LogP contribution in [-0.2, 0) is 4.79 Å². The van der Waals surface area contributed by atoms with Crippen molar-refractivity contribution in [1.29, 1.82) is 0 Å². The lowest BCUT2D eigenvalue weighted by Crippen LogP contribution is -2.43. The van der Waals surface area contributed by atoms with Gasteiger partial charge in [-0.15, -0.1) is 0 Å². The Balaban J connectivity index is 2.57. The van der Waals surface area contributed by atoms with Gasteiger partial charge in [-0.25, -0.2) is 4.79 Å². The highest BCUT2D eigenvalue weighted by atomic mass is 16.4. The molecule has 2 amide bonds. The van der Waals surface area contributed by atoms with Gasteiger partial charge in [0.15, 0.2) is 0 Å². The molecule has 1 aromatic heterocycles. The van der Waals surface area contributed by atoms with Crippen LogP contribution in [0.4, 0.5) is 10.5 Å². The molecule has 1 aromatic rings. The number of unbranched alkanes of at least 4 members (excludes halogenated alkanes) is 1. The van der Waals surface area contributed by atoms with Gasteiger partial charge in [-0.1, -0.05) is 0 Å². The van der Waals surface area contributed by atoms with Gasteiger partial charge >= 0.3 is 6.09 Å². The predicted molar refractivity (Wildman–Crippen MR) is 70.7 cm³/mol. The van der Waals surface area contributed by atoms with E-state index in [1.54, 1.807) is 24.5 Å². The third-order valence-electron chi connectivity index (χ3n) is 2.51. The zero-order valence-corrected chi connectivity index (χ0v) is 10.5. The minimum Gasteiger partial charge on any atom is -0.465 e. The summed E-state index contributed by atoms with van der Waals surface area (Å²) in [6, 6.07) is 2.49. The van der Waals surface area contributed by atoms with Gasteiger partial charge < -0.3 is 21.5 Å². The quantitative estimate of drug-likeness (QED) is 0.544. The first kappa shape index (κ1) is 14.9. The van der Waals surface area contributed by atoms with E-state index in [0.717, 1.165) is 6.42 Å². The second kappa shape index (κ2) is 8.04. The second-order valence-corrected chi connectivity index (χ2v) is 4.01. The minimum atomic E-state index is -1.22. The van der Waals surface area contributed by atoms with Crippen LogP contribution in [0.3, 0.4) is 0 Å². The minimum absolute atomic E-state index is 0.384. The van der Waals surface area contributed by atoms with Crippen LogP contribution in [0, 0.1) is 0 Å². The number of carboxylic acid groups (broad SMARTS) is 1. The topological polar surface area (TPSA) is 117 Å². The molecule has 1 rings (SSSR count). The Bertz CT molecular complexity index is 411. The standard InChI is InChI=1S/C12H18N4O3/c13-6-2-1-3-10(16-12(18)19)11(17)15-9-4-7-14-8-5-9/h4-5,7-8,10,16H,1-3,6,13H2,(H,18,19)(H,14,15,17). The summed E-state index contributed by atoms with van der Waals surface area (Å²) < 4.78 is 0. The monoisotopic (exact) mass is 266 g/mol. The lowest BCUT2D eigenvalue weighted by Gasteiger charge is -2.16. The molecule has 0 fully saturated rings. The molecule has 0 saturated heterocycles. The van der Waals surface area contributed by atoms with E-state index in [4.69, 9.17) is 10.8 Å². The number of nitrogens with zero attached hydrogens (tertiary/aromatic N) is 1. The summed E-state index contributed by atoms with van der Waals surface area (Å²) >= 11 is 0. The first-order valence-corrected chi connectivity index (χ1v) is 6.04. The van der Waals surface area contributed by atoms with E-state index in [2.05, 4.69) is 15.6 Å². The molecule has 7 heteroatoms. The number of nitrogens with one attached hydrogen (secondary N) is 2. The average Bonchev–Trinajstić information content (AvgIpc) is 2.38. The summed E-state index contributed by atoms with van der Waals surface area (Å²) in [6.45, 7) is 0.520. The number of rotatable bonds is 7. The highest BCUT2D eigenvalue weighted by Gasteiger charge is 2.19. The van der Waals surface area contributed by atoms with Gasteiger partial charge in [0.1, 0.15) is 6.04 Å². The smallest absolute Gasteiger partial charge is 0.405 e. The second-order valence-electron chi connectivity index (χ2n) is 4.01. The number of aromatic nitrogens is 1. The third kappa shape index (κ3) is 5.82. The summed E-state index contributed by atoms with van der Waals surface area (Å²) in [7, 11) is 0. The number of carbonyl (C=O) groups excluding carboxylic acids is 1. The molecule has 1 atom stereocenters. The first-order valence-electron chi connectivity index (χ1n) is 6.04. The number of hydrogen-bond acceptors (Lipinski definition) is 4. The molecule has 0 aromatic carbocycles. The van der Waals surface area contributed by atoms with Gasteiger partial charge in [-0.2, -0.15) is 0 Å². The fourth-order valence-corrected chi connectivity index (χ4v) is 1.58. The summed E-state index contributed by atoms with van der Waals surface area (Å²) in [5, 5.41) is 13.6. The normalized spacial score (nSPS) is 11.6. The Hall–Kier alpha value is -2.15. The Morgan fingerprint density at radius 3 is 2.58 bits per heavy atom. The van der Waals surface area contributed by atoms with Crippen molar-refractivity contribution in [3.63, 3.8) is 0 Å². The Labute approximate surface area is 111 Å². The van der Waals surface area contributed by atoms with E-state index in [1.165, 1.54) is 0 Å². The van der Waals surface area contributed by atoms with Crippen LogP contribution in [0.1, 0.15) is 19.3 Å². The fourth-order valence-electron chi connectivity index (χ4n) is 1.58. The van der Waals surface area contributed by atoms with Gasteiger partial charge in [0.25, 0.3) is 0 Å². The number of pyridine rings is 1. The number of anilines is 1. The molecule has 0 bridgehead atoms. The van der Waals surface area contributed by atoms with Crippen LogP contribution in [0.25, 0.3) is 0 Å². The molecule has 5 N–H and O–H groups in total. The maximum absolute atomic E-state index is 12.0. The van der Waals surface area contributed by atoms with Crippen molar-refractivity contribution in [2.45, 2.75) is 25.3 Å². The predicted octanol–water partition coefficient (Wildman–Crippen LogP) is 0.785. The van der Waals surface area contributed by atoms with Crippen molar-refractivity contribution in [3.8, 4) is 0 Å². The van der Waals surface area contributed by atoms with Crippen molar-refractivity contribution in [3.05, 3.63) is 24.5 Å². The third-order valence-corrected chi connectivity index (χ3v) is 2.51. The summed E-state index contributed by atoms with van der Waals surface area (Å²) in [6.07, 6.45) is 3.72. The van der Waals surface area contributed by atoms with Crippen LogP contribution >= 0.6 is 0 Å². The average molecular weight is 266 g/mol. The van der Waals surface area contributed by atoms with Gasteiger partial charge in [0.2, 0.25) is 5.91 Å². The van der Waals surface area contributed by atoms with Crippen LogP contribution in [0.5, 0.6) is 0 Å². The number of nitrogens with two attached hydrogens (primary N) is 1. The lowest BCUT2D eigenvalue weighted by atomic mass is 10.1. The van der Waals surface area contributed by atoms with E-state index < -0.39 is 12.1 Å². The van der Waals surface area contributed by atoms with E-state index in [0.29, 0.717) is 25.1 Å². The van der Waals surface area contributed by atoms with Crippen molar-refractivity contribution in [1.82, 2.24) is 10.3 Å². The zero-order chi connectivity index (χ0) is 14.1. The van der Waals surface area contributed by atoms with Gasteiger partial charge in [0.05, 0.1) is 0 Å². The maximum Gasteiger partial charge on any atom is 0.405 e. The van der Waals surface area contributed by atoms with Crippen LogP contribution in [0.2, 0.25) is 0 Å². The first-order chi connectivity index (χ1) is 9.13. The molecule has 0 saturated carbocycles. The zero-order valence-electron chi connectivity index (χ0n) is 10.5. The van der Waals surface area contributed by atoms with E-state index >= 15 is 0 Å². The molecule has 0 aliphatic rings. The molecular weight excluding hydrogens is 248 g/mol. The highest BCUT2D eigenvalue weighted by Crippen LogP contribution is 2.07. The Kier molecular flexibility index (Phi) is 6.31. The molecule has 1 unspecified atom stereocenters. The summed E-state index contributed by atoms with van der Waals surface area (Å²) in [5.74, 6) is -0.384. The largest absolute Gasteiger partial charge is 0.465 e. The Morgan fingerprint density at radius 2 is 2.00 bits per heavy atom. The van der Waals surface area contributed by atoms with E-state index in [1.807, 2.05) is 0 Å². The lowest BCUT2D eigenvalue weighted by molar-refractivity contribution is -0.118. The van der Waals surface area contributed by atoms with Crippen LogP contribution in [0.15, 0.2) is 24.5 Å². The molecule has 0 aliphatic heterocycles. The molecule has 7 nitrogen and oxygen atoms in total. The molecule has 0 spiro atoms. The van der Waals surface area contributed by atoms with Gasteiger partial charge in [-0.05, 0) is 37.9 Å². The number of amides is 2. The molecule has 104 valence electrons. The van der Waals surface area contributed by atoms with Crippen molar-refractivity contribution < 1.29 is 14.7 Å². The molecule has 0 radical (unpaired) electrons. The van der Waals surface area contributed by atoms with Crippen molar-refractivity contribution in [2.75, 3.05) is 11.9 Å². The fraction of sp³-hybridized carbons (Fsp3) is 0.417. The van der Waals surface area contributed by atoms with Crippen molar-refractivity contribution in [2.24, 2.45) is 5.73 Å². The van der Waals surface area contributed by atoms with Gasteiger partial charge in [-0.3, -0.25) is 9.78 Å². The van der Waals surface area contributed by atoms with Crippen molar-refractivity contribution >= 4 is 17.7 Å².